The Labute approximate surface area is 204 Å². The van der Waals surface area contributed by atoms with Crippen LogP contribution in [-0.2, 0) is 20.8 Å². The predicted octanol–water partition coefficient (Wildman–Crippen LogP) is 3.68. The molecule has 0 atom stereocenters. The molecule has 0 bridgehead atoms. The summed E-state index contributed by atoms with van der Waals surface area (Å²) in [6.45, 7) is 6.12. The Hall–Kier alpha value is -3.95. The molecular weight excluding hydrogens is 456 g/mol. The Bertz CT molecular complexity index is 973. The van der Waals surface area contributed by atoms with Crippen molar-refractivity contribution in [1.29, 1.82) is 0 Å². The molecule has 0 aromatic heterocycles. The maximum absolute atomic E-state index is 12.0. The van der Waals surface area contributed by atoms with E-state index >= 15 is 0 Å². The number of hydrogen-bond donors (Lipinski definition) is 2. The number of carbonyl (C=O) groups is 3. The van der Waals surface area contributed by atoms with Gasteiger partial charge in [0.1, 0.15) is 36.9 Å². The van der Waals surface area contributed by atoms with E-state index in [-0.39, 0.29) is 38.5 Å². The molecule has 2 amide bonds. The summed E-state index contributed by atoms with van der Waals surface area (Å²) in [5.41, 5.74) is 0.516. The number of rotatable bonds is 11. The van der Waals surface area contributed by atoms with E-state index in [0.717, 1.165) is 5.56 Å². The summed E-state index contributed by atoms with van der Waals surface area (Å²) in [5.74, 6) is 0.140. The molecule has 0 saturated heterocycles. The maximum Gasteiger partial charge on any atom is 0.407 e. The number of amides is 2. The molecule has 0 radical (unpaired) electrons. The highest BCUT2D eigenvalue weighted by molar-refractivity contribution is 5.90. The molecular formula is C25H32N2O8. The van der Waals surface area contributed by atoms with Crippen LogP contribution in [0.2, 0.25) is 0 Å². The number of hydrogen-bond acceptors (Lipinski definition) is 8. The first-order chi connectivity index (χ1) is 16.7. The molecule has 190 valence electrons. The summed E-state index contributed by atoms with van der Waals surface area (Å²) in [4.78, 5) is 35.5. The zero-order valence-corrected chi connectivity index (χ0v) is 20.4. The predicted molar refractivity (Wildman–Crippen MR) is 128 cm³/mol. The Balaban J connectivity index is 1.81. The number of ether oxygens (including phenoxy) is 5. The van der Waals surface area contributed by atoms with Gasteiger partial charge < -0.3 is 34.3 Å². The third kappa shape index (κ3) is 11.1. The van der Waals surface area contributed by atoms with Gasteiger partial charge in [-0.05, 0) is 38.5 Å². The SMILES string of the molecule is COC(=O)c1cc(OCCNC(=O)OCc2ccccc2)cc(OCCNC(=O)OC(C)(C)C)c1. The summed E-state index contributed by atoms with van der Waals surface area (Å²) in [7, 11) is 1.27. The molecule has 35 heavy (non-hydrogen) atoms. The van der Waals surface area contributed by atoms with Gasteiger partial charge in [0.05, 0.1) is 25.8 Å². The van der Waals surface area contributed by atoms with Gasteiger partial charge in [-0.25, -0.2) is 14.4 Å². The second kappa shape index (κ2) is 13.7. The van der Waals surface area contributed by atoms with Gasteiger partial charge in [-0.15, -0.1) is 0 Å². The molecule has 0 unspecified atom stereocenters. The topological polar surface area (TPSA) is 121 Å². The van der Waals surface area contributed by atoms with Crippen LogP contribution in [0.15, 0.2) is 48.5 Å². The van der Waals surface area contributed by atoms with E-state index in [9.17, 15) is 14.4 Å². The van der Waals surface area contributed by atoms with E-state index in [1.54, 1.807) is 26.8 Å². The number of benzene rings is 2. The fraction of sp³-hybridized carbons (Fsp3) is 0.400. The Morgan fingerprint density at radius 3 is 1.94 bits per heavy atom. The number of esters is 1. The molecule has 10 heteroatoms. The third-order valence-electron chi connectivity index (χ3n) is 4.19. The fourth-order valence-electron chi connectivity index (χ4n) is 2.71. The van der Waals surface area contributed by atoms with Crippen molar-refractivity contribution < 1.29 is 38.1 Å². The molecule has 0 aliphatic carbocycles. The Morgan fingerprint density at radius 2 is 1.40 bits per heavy atom. The van der Waals surface area contributed by atoms with Gasteiger partial charge >= 0.3 is 18.2 Å². The highest BCUT2D eigenvalue weighted by Crippen LogP contribution is 2.23. The lowest BCUT2D eigenvalue weighted by atomic mass is 10.2. The van der Waals surface area contributed by atoms with Crippen LogP contribution >= 0.6 is 0 Å². The third-order valence-corrected chi connectivity index (χ3v) is 4.19. The normalized spacial score (nSPS) is 10.6. The summed E-state index contributed by atoms with van der Waals surface area (Å²) < 4.78 is 26.3. The first-order valence-corrected chi connectivity index (χ1v) is 11.1. The van der Waals surface area contributed by atoms with Crippen molar-refractivity contribution >= 4 is 18.2 Å². The second-order valence-electron chi connectivity index (χ2n) is 8.30. The lowest BCUT2D eigenvalue weighted by Gasteiger charge is -2.19. The van der Waals surface area contributed by atoms with Crippen LogP contribution in [0.3, 0.4) is 0 Å². The van der Waals surface area contributed by atoms with Gasteiger partial charge in [0.2, 0.25) is 0 Å². The van der Waals surface area contributed by atoms with Crippen molar-refractivity contribution in [3.63, 3.8) is 0 Å². The quantitative estimate of drug-likeness (QED) is 0.279. The molecule has 0 aliphatic rings. The first kappa shape index (κ1) is 27.3. The minimum atomic E-state index is -0.598. The van der Waals surface area contributed by atoms with Crippen molar-refractivity contribution in [2.24, 2.45) is 0 Å². The van der Waals surface area contributed by atoms with E-state index < -0.39 is 23.8 Å². The van der Waals surface area contributed by atoms with Crippen molar-refractivity contribution in [1.82, 2.24) is 10.6 Å². The van der Waals surface area contributed by atoms with E-state index in [1.165, 1.54) is 19.2 Å². The molecule has 2 rings (SSSR count). The lowest BCUT2D eigenvalue weighted by Crippen LogP contribution is -2.34. The molecule has 0 heterocycles. The number of methoxy groups -OCH3 is 1. The monoisotopic (exact) mass is 488 g/mol. The lowest BCUT2D eigenvalue weighted by molar-refractivity contribution is 0.0519. The van der Waals surface area contributed by atoms with E-state index in [4.69, 9.17) is 23.7 Å². The van der Waals surface area contributed by atoms with Gasteiger partial charge in [-0.1, -0.05) is 30.3 Å². The molecule has 0 saturated carbocycles. The van der Waals surface area contributed by atoms with Gasteiger partial charge in [0.25, 0.3) is 0 Å². The molecule has 2 aromatic carbocycles. The summed E-state index contributed by atoms with van der Waals surface area (Å²) in [6.07, 6.45) is -1.12. The Kier molecular flexibility index (Phi) is 10.7. The smallest absolute Gasteiger partial charge is 0.407 e. The van der Waals surface area contributed by atoms with Crippen LogP contribution in [0.25, 0.3) is 0 Å². The largest absolute Gasteiger partial charge is 0.492 e. The Morgan fingerprint density at radius 1 is 0.829 bits per heavy atom. The van der Waals surface area contributed by atoms with Crippen LogP contribution in [0.4, 0.5) is 9.59 Å². The van der Waals surface area contributed by atoms with E-state index in [0.29, 0.717) is 11.5 Å². The molecule has 2 N–H and O–H groups in total. The van der Waals surface area contributed by atoms with Crippen LogP contribution < -0.4 is 20.1 Å². The number of alkyl carbamates (subject to hydrolysis) is 2. The van der Waals surface area contributed by atoms with Crippen LogP contribution in [0.1, 0.15) is 36.7 Å². The summed E-state index contributed by atoms with van der Waals surface area (Å²) in [5, 5.41) is 5.18. The van der Waals surface area contributed by atoms with Gasteiger partial charge in [0.15, 0.2) is 0 Å². The van der Waals surface area contributed by atoms with E-state index in [2.05, 4.69) is 10.6 Å². The van der Waals surface area contributed by atoms with Crippen molar-refractivity contribution in [3.8, 4) is 11.5 Å². The minimum Gasteiger partial charge on any atom is -0.492 e. The van der Waals surface area contributed by atoms with Gasteiger partial charge in [-0.2, -0.15) is 0 Å². The van der Waals surface area contributed by atoms with Gasteiger partial charge in [0, 0.05) is 6.07 Å². The summed E-state index contributed by atoms with van der Waals surface area (Å²) >= 11 is 0. The second-order valence-corrected chi connectivity index (χ2v) is 8.30. The number of nitrogens with one attached hydrogen (secondary N) is 2. The molecule has 0 aliphatic heterocycles. The van der Waals surface area contributed by atoms with Crippen LogP contribution in [0, 0.1) is 0 Å². The average Bonchev–Trinajstić information content (AvgIpc) is 2.82. The van der Waals surface area contributed by atoms with Crippen LogP contribution in [0.5, 0.6) is 11.5 Å². The zero-order chi connectivity index (χ0) is 25.7. The van der Waals surface area contributed by atoms with Crippen molar-refractivity contribution in [2.45, 2.75) is 33.0 Å². The van der Waals surface area contributed by atoms with Crippen molar-refractivity contribution in [2.75, 3.05) is 33.4 Å². The minimum absolute atomic E-state index is 0.130. The highest BCUT2D eigenvalue weighted by Gasteiger charge is 2.16. The van der Waals surface area contributed by atoms with Crippen molar-refractivity contribution in [3.05, 3.63) is 59.7 Å². The fourth-order valence-corrected chi connectivity index (χ4v) is 2.71. The standard InChI is InChI=1S/C25H32N2O8/c1-25(2,3)35-24(30)27-11-13-33-21-15-19(22(28)31-4)14-20(16-21)32-12-10-26-23(29)34-17-18-8-6-5-7-9-18/h5-9,14-16H,10-13,17H2,1-4H3,(H,26,29)(H,27,30). The highest BCUT2D eigenvalue weighted by atomic mass is 16.6. The average molecular weight is 489 g/mol. The first-order valence-electron chi connectivity index (χ1n) is 11.1. The van der Waals surface area contributed by atoms with Gasteiger partial charge in [-0.3, -0.25) is 0 Å². The maximum atomic E-state index is 12.0. The molecule has 10 nitrogen and oxygen atoms in total. The zero-order valence-electron chi connectivity index (χ0n) is 20.4. The van der Waals surface area contributed by atoms with E-state index in [1.807, 2.05) is 30.3 Å². The summed E-state index contributed by atoms with van der Waals surface area (Å²) in [6, 6.07) is 13.9. The molecule has 0 fully saturated rings. The number of carbonyl (C=O) groups excluding carboxylic acids is 3. The van der Waals surface area contributed by atoms with Crippen LogP contribution in [-0.4, -0.2) is 57.2 Å². The molecule has 2 aromatic rings. The molecule has 0 spiro atoms.